The molecule has 1 aromatic rings. The minimum absolute atomic E-state index is 0.120. The van der Waals surface area contributed by atoms with Crippen molar-refractivity contribution in [1.29, 1.82) is 0 Å². The Balaban J connectivity index is 1.79. The molecule has 1 heterocycles. The van der Waals surface area contributed by atoms with Gasteiger partial charge in [-0.05, 0) is 38.0 Å². The highest BCUT2D eigenvalue weighted by Crippen LogP contribution is 2.29. The van der Waals surface area contributed by atoms with Crippen LogP contribution in [0.1, 0.15) is 19.8 Å². The van der Waals surface area contributed by atoms with Crippen LogP contribution in [0.15, 0.2) is 18.2 Å². The van der Waals surface area contributed by atoms with Crippen LogP contribution >= 0.6 is 0 Å². The highest BCUT2D eigenvalue weighted by Gasteiger charge is 2.22. The van der Waals surface area contributed by atoms with Crippen LogP contribution in [-0.2, 0) is 0 Å². The number of hydrogen-bond donors (Lipinski definition) is 2. The van der Waals surface area contributed by atoms with E-state index in [4.69, 9.17) is 0 Å². The monoisotopic (exact) mass is 249 g/mol. The lowest BCUT2D eigenvalue weighted by atomic mass is 10.2. The normalized spacial score (nSPS) is 24.1. The quantitative estimate of drug-likeness (QED) is 0.860. The van der Waals surface area contributed by atoms with Gasteiger partial charge in [0.2, 0.25) is 0 Å². The van der Waals surface area contributed by atoms with E-state index in [0.717, 1.165) is 31.0 Å². The maximum Gasteiger partial charge on any atom is 0.146 e. The summed E-state index contributed by atoms with van der Waals surface area (Å²) in [5, 5.41) is 6.80. The fourth-order valence-electron chi connectivity index (χ4n) is 2.46. The summed E-state index contributed by atoms with van der Waals surface area (Å²) in [6, 6.07) is 6.38. The predicted molar refractivity (Wildman–Crippen MR) is 72.7 cm³/mol. The van der Waals surface area contributed by atoms with Crippen LogP contribution in [0.25, 0.3) is 0 Å². The van der Waals surface area contributed by atoms with Crippen LogP contribution in [0.2, 0.25) is 0 Å². The number of nitrogens with zero attached hydrogens (tertiary/aromatic N) is 1. The Bertz CT molecular complexity index is 431. The highest BCUT2D eigenvalue weighted by molar-refractivity contribution is 5.60. The van der Waals surface area contributed by atoms with Crippen molar-refractivity contribution in [3.05, 3.63) is 24.0 Å². The van der Waals surface area contributed by atoms with Gasteiger partial charge in [-0.25, -0.2) is 4.39 Å². The largest absolute Gasteiger partial charge is 0.382 e. The second-order valence-corrected chi connectivity index (χ2v) is 5.39. The van der Waals surface area contributed by atoms with Gasteiger partial charge in [-0.1, -0.05) is 0 Å². The molecular formula is C14H20FN3. The Morgan fingerprint density at radius 2 is 2.22 bits per heavy atom. The third kappa shape index (κ3) is 2.58. The second kappa shape index (κ2) is 4.76. The maximum atomic E-state index is 13.9. The lowest BCUT2D eigenvalue weighted by Gasteiger charge is -2.34. The van der Waals surface area contributed by atoms with Crippen molar-refractivity contribution < 1.29 is 4.39 Å². The zero-order valence-corrected chi connectivity index (χ0v) is 10.7. The molecule has 1 aliphatic heterocycles. The maximum absolute atomic E-state index is 13.9. The summed E-state index contributed by atoms with van der Waals surface area (Å²) in [6.07, 6.45) is 2.47. The number of halogens is 1. The third-order valence-corrected chi connectivity index (χ3v) is 3.60. The van der Waals surface area contributed by atoms with E-state index in [1.165, 1.54) is 12.8 Å². The number of nitrogens with one attached hydrogen (secondary N) is 2. The van der Waals surface area contributed by atoms with Crippen molar-refractivity contribution in [1.82, 2.24) is 5.32 Å². The first kappa shape index (κ1) is 11.8. The Morgan fingerprint density at radius 1 is 1.39 bits per heavy atom. The van der Waals surface area contributed by atoms with E-state index in [0.29, 0.717) is 12.1 Å². The molecule has 2 N–H and O–H groups in total. The zero-order valence-electron chi connectivity index (χ0n) is 10.7. The fourth-order valence-corrected chi connectivity index (χ4v) is 2.46. The molecule has 18 heavy (non-hydrogen) atoms. The Hall–Kier alpha value is -1.29. The Kier molecular flexibility index (Phi) is 3.12. The van der Waals surface area contributed by atoms with E-state index in [1.54, 1.807) is 6.07 Å². The van der Waals surface area contributed by atoms with Crippen LogP contribution in [0.4, 0.5) is 15.8 Å². The van der Waals surface area contributed by atoms with Gasteiger partial charge in [0.05, 0.1) is 5.69 Å². The van der Waals surface area contributed by atoms with Gasteiger partial charge < -0.3 is 15.5 Å². The van der Waals surface area contributed by atoms with Gasteiger partial charge in [0.15, 0.2) is 0 Å². The minimum atomic E-state index is -0.120. The van der Waals surface area contributed by atoms with Gasteiger partial charge in [-0.2, -0.15) is 0 Å². The lowest BCUT2D eigenvalue weighted by Crippen LogP contribution is -2.49. The molecule has 1 saturated carbocycles. The summed E-state index contributed by atoms with van der Waals surface area (Å²) >= 11 is 0. The van der Waals surface area contributed by atoms with Crippen molar-refractivity contribution in [2.24, 2.45) is 0 Å². The SMILES string of the molecule is CC1CN(c2cc(NC3CC3)ccc2F)CCN1. The summed E-state index contributed by atoms with van der Waals surface area (Å²) in [7, 11) is 0. The molecule has 4 heteroatoms. The zero-order chi connectivity index (χ0) is 12.5. The van der Waals surface area contributed by atoms with E-state index < -0.39 is 0 Å². The summed E-state index contributed by atoms with van der Waals surface area (Å²) in [5.74, 6) is -0.120. The fraction of sp³-hybridized carbons (Fsp3) is 0.571. The van der Waals surface area contributed by atoms with E-state index in [9.17, 15) is 4.39 Å². The van der Waals surface area contributed by atoms with Gasteiger partial charge in [-0.15, -0.1) is 0 Å². The summed E-state index contributed by atoms with van der Waals surface area (Å²) in [4.78, 5) is 2.13. The van der Waals surface area contributed by atoms with Crippen molar-refractivity contribution in [3.8, 4) is 0 Å². The van der Waals surface area contributed by atoms with E-state index in [2.05, 4.69) is 22.5 Å². The van der Waals surface area contributed by atoms with Crippen LogP contribution < -0.4 is 15.5 Å². The van der Waals surface area contributed by atoms with Gasteiger partial charge >= 0.3 is 0 Å². The smallest absolute Gasteiger partial charge is 0.146 e. The van der Waals surface area contributed by atoms with Crippen LogP contribution in [0.3, 0.4) is 0 Å². The van der Waals surface area contributed by atoms with Crippen molar-refractivity contribution in [3.63, 3.8) is 0 Å². The summed E-state index contributed by atoms with van der Waals surface area (Å²) in [5.41, 5.74) is 1.77. The average Bonchev–Trinajstić information content (AvgIpc) is 3.15. The third-order valence-electron chi connectivity index (χ3n) is 3.60. The number of rotatable bonds is 3. The molecule has 0 aromatic heterocycles. The summed E-state index contributed by atoms with van der Waals surface area (Å²) in [6.45, 7) is 4.79. The number of hydrogen-bond acceptors (Lipinski definition) is 3. The van der Waals surface area contributed by atoms with Crippen molar-refractivity contribution in [2.45, 2.75) is 31.8 Å². The van der Waals surface area contributed by atoms with Gasteiger partial charge in [0.25, 0.3) is 0 Å². The molecule has 98 valence electrons. The minimum Gasteiger partial charge on any atom is -0.382 e. The molecule has 1 aliphatic carbocycles. The van der Waals surface area contributed by atoms with Crippen LogP contribution in [-0.4, -0.2) is 31.7 Å². The molecular weight excluding hydrogens is 229 g/mol. The Morgan fingerprint density at radius 3 is 2.94 bits per heavy atom. The second-order valence-electron chi connectivity index (χ2n) is 5.39. The van der Waals surface area contributed by atoms with Crippen molar-refractivity contribution in [2.75, 3.05) is 29.9 Å². The lowest BCUT2D eigenvalue weighted by molar-refractivity contribution is 0.478. The molecule has 2 fully saturated rings. The molecule has 0 radical (unpaired) electrons. The molecule has 1 unspecified atom stereocenters. The average molecular weight is 249 g/mol. The van der Waals surface area contributed by atoms with Crippen LogP contribution in [0.5, 0.6) is 0 Å². The van der Waals surface area contributed by atoms with E-state index >= 15 is 0 Å². The van der Waals surface area contributed by atoms with Gasteiger partial charge in [0, 0.05) is 37.4 Å². The van der Waals surface area contributed by atoms with Crippen LogP contribution in [0, 0.1) is 5.82 Å². The van der Waals surface area contributed by atoms with E-state index in [-0.39, 0.29) is 5.82 Å². The number of benzene rings is 1. The first-order valence-electron chi connectivity index (χ1n) is 6.77. The predicted octanol–water partition coefficient (Wildman–Crippen LogP) is 2.20. The molecule has 1 atom stereocenters. The molecule has 0 amide bonds. The molecule has 3 nitrogen and oxygen atoms in total. The molecule has 0 spiro atoms. The van der Waals surface area contributed by atoms with Crippen molar-refractivity contribution >= 4 is 11.4 Å². The number of anilines is 2. The molecule has 1 aromatic carbocycles. The first-order valence-corrected chi connectivity index (χ1v) is 6.77. The summed E-state index contributed by atoms with van der Waals surface area (Å²) < 4.78 is 13.9. The highest BCUT2D eigenvalue weighted by atomic mass is 19.1. The molecule has 3 rings (SSSR count). The molecule has 0 bridgehead atoms. The van der Waals surface area contributed by atoms with Gasteiger partial charge in [-0.3, -0.25) is 0 Å². The Labute approximate surface area is 107 Å². The van der Waals surface area contributed by atoms with Gasteiger partial charge in [0.1, 0.15) is 5.82 Å². The molecule has 2 aliphatic rings. The standard InChI is InChI=1S/C14H20FN3/c1-10-9-18(7-6-16-10)14-8-12(4-5-13(14)15)17-11-2-3-11/h4-5,8,10-11,16-17H,2-3,6-7,9H2,1H3. The first-order chi connectivity index (χ1) is 8.72. The van der Waals surface area contributed by atoms with E-state index in [1.807, 2.05) is 12.1 Å². The number of piperazine rings is 1. The topological polar surface area (TPSA) is 27.3 Å². The molecule has 1 saturated heterocycles.